The highest BCUT2D eigenvalue weighted by Gasteiger charge is 2.36. The van der Waals surface area contributed by atoms with Crippen LogP contribution in [0, 0.1) is 5.82 Å². The number of anilines is 1. The number of nitrogens with zero attached hydrogens (tertiary/aromatic N) is 1. The van der Waals surface area contributed by atoms with Crippen molar-refractivity contribution >= 4 is 28.7 Å². The van der Waals surface area contributed by atoms with Gasteiger partial charge >= 0.3 is 0 Å². The first-order valence-corrected chi connectivity index (χ1v) is 10.1. The molecule has 1 aliphatic rings. The molecule has 5 nitrogen and oxygen atoms in total. The zero-order valence-corrected chi connectivity index (χ0v) is 16.3. The summed E-state index contributed by atoms with van der Waals surface area (Å²) in [7, 11) is 1.60. The van der Waals surface area contributed by atoms with Gasteiger partial charge in [-0.15, -0.1) is 0 Å². The SMILES string of the molecule is CN1C(=O)c2c(C(=O)NCc3ccc(F)cc3)cccc2[S+]([O-])c2ccccc21. The van der Waals surface area contributed by atoms with Crippen LogP contribution in [0.5, 0.6) is 0 Å². The molecular formula is C22H17FN2O3S. The van der Waals surface area contributed by atoms with E-state index in [0.29, 0.717) is 15.5 Å². The minimum atomic E-state index is -1.60. The van der Waals surface area contributed by atoms with E-state index in [1.807, 2.05) is 0 Å². The summed E-state index contributed by atoms with van der Waals surface area (Å²) in [6.07, 6.45) is 0. The van der Waals surface area contributed by atoms with Crippen molar-refractivity contribution < 1.29 is 18.5 Å². The molecule has 0 fully saturated rings. The van der Waals surface area contributed by atoms with Crippen molar-refractivity contribution in [3.05, 3.63) is 89.2 Å². The fourth-order valence-corrected chi connectivity index (χ4v) is 4.68. The number of carbonyl (C=O) groups excluding carboxylic acids is 2. The van der Waals surface area contributed by atoms with Gasteiger partial charge in [0, 0.05) is 24.8 Å². The van der Waals surface area contributed by atoms with Crippen molar-refractivity contribution in [2.75, 3.05) is 11.9 Å². The van der Waals surface area contributed by atoms with E-state index >= 15 is 0 Å². The number of benzene rings is 3. The van der Waals surface area contributed by atoms with Gasteiger partial charge in [-0.3, -0.25) is 9.59 Å². The van der Waals surface area contributed by atoms with Crippen LogP contribution in [0.1, 0.15) is 26.3 Å². The molecule has 1 unspecified atom stereocenters. The van der Waals surface area contributed by atoms with Crippen LogP contribution in [0.3, 0.4) is 0 Å². The molecule has 0 saturated carbocycles. The van der Waals surface area contributed by atoms with Crippen LogP contribution in [0.2, 0.25) is 0 Å². The summed E-state index contributed by atoms with van der Waals surface area (Å²) in [5.74, 6) is -1.22. The van der Waals surface area contributed by atoms with E-state index in [1.54, 1.807) is 55.6 Å². The normalized spacial score (nSPS) is 15.3. The molecule has 4 rings (SSSR count). The van der Waals surface area contributed by atoms with Gasteiger partial charge in [0.05, 0.1) is 11.3 Å². The van der Waals surface area contributed by atoms with Gasteiger partial charge in [-0.05, 0) is 42.0 Å². The highest BCUT2D eigenvalue weighted by Crippen LogP contribution is 2.37. The van der Waals surface area contributed by atoms with Crippen molar-refractivity contribution in [1.29, 1.82) is 0 Å². The van der Waals surface area contributed by atoms with Crippen LogP contribution in [0.25, 0.3) is 0 Å². The predicted molar refractivity (Wildman–Crippen MR) is 108 cm³/mol. The number of para-hydroxylation sites is 1. The van der Waals surface area contributed by atoms with Crippen LogP contribution in [0.4, 0.5) is 10.1 Å². The largest absolute Gasteiger partial charge is 0.606 e. The topological polar surface area (TPSA) is 72.5 Å². The lowest BCUT2D eigenvalue weighted by Gasteiger charge is -2.16. The van der Waals surface area contributed by atoms with Gasteiger partial charge in [0.15, 0.2) is 9.79 Å². The zero-order chi connectivity index (χ0) is 20.5. The zero-order valence-electron chi connectivity index (χ0n) is 15.5. The molecule has 29 heavy (non-hydrogen) atoms. The van der Waals surface area contributed by atoms with Gasteiger partial charge in [-0.1, -0.05) is 30.3 Å². The first-order chi connectivity index (χ1) is 14.0. The monoisotopic (exact) mass is 408 g/mol. The maximum Gasteiger partial charge on any atom is 0.264 e. The van der Waals surface area contributed by atoms with Crippen molar-refractivity contribution in [2.45, 2.75) is 16.3 Å². The van der Waals surface area contributed by atoms with Gasteiger partial charge in [0.25, 0.3) is 11.8 Å². The first kappa shape index (κ1) is 19.2. The third-order valence-corrected chi connectivity index (χ3v) is 6.27. The third kappa shape index (κ3) is 3.50. The minimum absolute atomic E-state index is 0.126. The summed E-state index contributed by atoms with van der Waals surface area (Å²) < 4.78 is 26.2. The molecule has 1 atom stereocenters. The van der Waals surface area contributed by atoms with Crippen molar-refractivity contribution in [3.63, 3.8) is 0 Å². The first-order valence-electron chi connectivity index (χ1n) is 8.92. The molecule has 0 saturated heterocycles. The summed E-state index contributed by atoms with van der Waals surface area (Å²) in [5.41, 5.74) is 1.55. The van der Waals surface area contributed by atoms with Gasteiger partial charge in [-0.2, -0.15) is 0 Å². The number of carbonyl (C=O) groups is 2. The van der Waals surface area contributed by atoms with Gasteiger partial charge < -0.3 is 14.8 Å². The molecule has 146 valence electrons. The Bertz CT molecular complexity index is 1100. The smallest absolute Gasteiger partial charge is 0.264 e. The minimum Gasteiger partial charge on any atom is -0.606 e. The second kappa shape index (κ2) is 7.69. The summed E-state index contributed by atoms with van der Waals surface area (Å²) in [6, 6.07) is 17.5. The van der Waals surface area contributed by atoms with E-state index in [1.165, 1.54) is 23.1 Å². The summed E-state index contributed by atoms with van der Waals surface area (Å²) in [4.78, 5) is 28.2. The number of amides is 2. The number of nitrogens with one attached hydrogen (secondary N) is 1. The Hall–Kier alpha value is -3.16. The second-order valence-electron chi connectivity index (χ2n) is 6.59. The summed E-state index contributed by atoms with van der Waals surface area (Å²) >= 11 is -1.60. The Labute approximate surface area is 170 Å². The van der Waals surface area contributed by atoms with Gasteiger partial charge in [-0.25, -0.2) is 4.39 Å². The highest BCUT2D eigenvalue weighted by molar-refractivity contribution is 7.91. The lowest BCUT2D eigenvalue weighted by atomic mass is 10.0. The van der Waals surface area contributed by atoms with E-state index < -0.39 is 23.0 Å². The maximum atomic E-state index is 13.2. The van der Waals surface area contributed by atoms with E-state index in [0.717, 1.165) is 5.56 Å². The molecule has 1 heterocycles. The maximum absolute atomic E-state index is 13.2. The van der Waals surface area contributed by atoms with Crippen LogP contribution in [-0.2, 0) is 17.7 Å². The van der Waals surface area contributed by atoms with E-state index in [9.17, 15) is 18.5 Å². The standard InChI is InChI=1S/C22H17FN2O3S/c1-25-17-6-2-3-7-18(17)29(28)19-8-4-5-16(20(19)22(25)27)21(26)24-13-14-9-11-15(23)12-10-14/h2-12H,13H2,1H3,(H,24,26). The Balaban J connectivity index is 1.70. The molecule has 7 heteroatoms. The lowest BCUT2D eigenvalue weighted by Crippen LogP contribution is -2.30. The second-order valence-corrected chi connectivity index (χ2v) is 8.01. The quantitative estimate of drug-likeness (QED) is 0.674. The fraction of sp³-hybridized carbons (Fsp3) is 0.0909. The molecule has 1 aliphatic heterocycles. The highest BCUT2D eigenvalue weighted by atomic mass is 32.2. The fourth-order valence-electron chi connectivity index (χ4n) is 3.26. The van der Waals surface area contributed by atoms with Crippen molar-refractivity contribution in [1.82, 2.24) is 5.32 Å². The average Bonchev–Trinajstić information content (AvgIpc) is 2.83. The van der Waals surface area contributed by atoms with E-state index in [4.69, 9.17) is 0 Å². The number of fused-ring (bicyclic) bond motifs is 2. The number of hydrogen-bond donors (Lipinski definition) is 1. The molecule has 0 aliphatic carbocycles. The van der Waals surface area contributed by atoms with Crippen LogP contribution >= 0.6 is 0 Å². The van der Waals surface area contributed by atoms with Crippen LogP contribution in [0.15, 0.2) is 76.5 Å². The number of halogens is 1. The third-order valence-electron chi connectivity index (χ3n) is 4.78. The summed E-state index contributed by atoms with van der Waals surface area (Å²) in [5, 5.41) is 2.75. The lowest BCUT2D eigenvalue weighted by molar-refractivity contribution is 0.0931. The Morgan fingerprint density at radius 1 is 1.03 bits per heavy atom. The molecule has 1 N–H and O–H groups in total. The molecule has 2 amide bonds. The number of rotatable bonds is 3. The molecule has 0 spiro atoms. The molecule has 0 bridgehead atoms. The Morgan fingerprint density at radius 2 is 1.72 bits per heavy atom. The van der Waals surface area contributed by atoms with Crippen LogP contribution in [-0.4, -0.2) is 23.4 Å². The average molecular weight is 408 g/mol. The molecule has 0 radical (unpaired) electrons. The van der Waals surface area contributed by atoms with Crippen molar-refractivity contribution in [2.24, 2.45) is 0 Å². The van der Waals surface area contributed by atoms with Crippen LogP contribution < -0.4 is 10.2 Å². The van der Waals surface area contributed by atoms with Gasteiger partial charge in [0.1, 0.15) is 11.4 Å². The van der Waals surface area contributed by atoms with E-state index in [2.05, 4.69) is 5.32 Å². The van der Waals surface area contributed by atoms with Crippen molar-refractivity contribution in [3.8, 4) is 0 Å². The Kier molecular flexibility index (Phi) is 5.08. The predicted octanol–water partition coefficient (Wildman–Crippen LogP) is 3.51. The molecule has 3 aromatic carbocycles. The number of hydrogen-bond acceptors (Lipinski definition) is 3. The molecular weight excluding hydrogens is 391 g/mol. The molecule has 0 aromatic heterocycles. The van der Waals surface area contributed by atoms with E-state index in [-0.39, 0.29) is 23.5 Å². The summed E-state index contributed by atoms with van der Waals surface area (Å²) in [6.45, 7) is 0.177. The van der Waals surface area contributed by atoms with Gasteiger partial charge in [0.2, 0.25) is 0 Å². The Morgan fingerprint density at radius 3 is 2.48 bits per heavy atom. The molecule has 3 aromatic rings.